The van der Waals surface area contributed by atoms with E-state index < -0.39 is 0 Å². The van der Waals surface area contributed by atoms with Gasteiger partial charge in [-0.15, -0.1) is 11.3 Å². The number of nitrogens with zero attached hydrogens (tertiary/aromatic N) is 2. The second-order valence-electron chi connectivity index (χ2n) is 7.05. The van der Waals surface area contributed by atoms with E-state index >= 15 is 0 Å². The third-order valence-electron chi connectivity index (χ3n) is 5.30. The number of fused-ring (bicyclic) bond motifs is 1. The lowest BCUT2D eigenvalue weighted by Crippen LogP contribution is -2.34. The molecule has 1 N–H and O–H groups in total. The zero-order chi connectivity index (χ0) is 20.4. The molecule has 2 heterocycles. The number of thiazole rings is 1. The SMILES string of the molecule is COc1ccc(-c2csc(NC(=O)CCN3C(=O)[C@H]4CC=CC[C@H]4C3=O)n2)cc1. The van der Waals surface area contributed by atoms with Gasteiger partial charge in [-0.3, -0.25) is 19.3 Å². The molecular formula is C21H21N3O4S. The summed E-state index contributed by atoms with van der Waals surface area (Å²) in [5, 5.41) is 5.10. The Morgan fingerprint density at radius 1 is 1.17 bits per heavy atom. The molecule has 29 heavy (non-hydrogen) atoms. The van der Waals surface area contributed by atoms with Crippen molar-refractivity contribution in [2.24, 2.45) is 11.8 Å². The third kappa shape index (κ3) is 3.93. The first-order valence-corrected chi connectivity index (χ1v) is 10.3. The van der Waals surface area contributed by atoms with E-state index in [1.807, 2.05) is 41.8 Å². The van der Waals surface area contributed by atoms with Crippen LogP contribution in [0, 0.1) is 11.8 Å². The lowest BCUT2D eigenvalue weighted by atomic mass is 9.85. The molecule has 1 aliphatic heterocycles. The lowest BCUT2D eigenvalue weighted by molar-refractivity contribution is -0.140. The highest BCUT2D eigenvalue weighted by Crippen LogP contribution is 2.35. The van der Waals surface area contributed by atoms with Crippen LogP contribution in [0.15, 0.2) is 41.8 Å². The number of rotatable bonds is 6. The number of nitrogens with one attached hydrogen (secondary N) is 1. The van der Waals surface area contributed by atoms with E-state index in [0.717, 1.165) is 17.0 Å². The Morgan fingerprint density at radius 3 is 2.45 bits per heavy atom. The molecule has 4 rings (SSSR count). The molecule has 3 amide bonds. The minimum atomic E-state index is -0.269. The number of imide groups is 1. The monoisotopic (exact) mass is 411 g/mol. The molecule has 150 valence electrons. The van der Waals surface area contributed by atoms with Crippen molar-refractivity contribution in [2.45, 2.75) is 19.3 Å². The van der Waals surface area contributed by atoms with Gasteiger partial charge < -0.3 is 10.1 Å². The smallest absolute Gasteiger partial charge is 0.233 e. The van der Waals surface area contributed by atoms with Gasteiger partial charge in [0.05, 0.1) is 24.6 Å². The molecule has 2 atom stereocenters. The Labute approximate surface area is 172 Å². The van der Waals surface area contributed by atoms with Crippen LogP contribution in [0.1, 0.15) is 19.3 Å². The van der Waals surface area contributed by atoms with Crippen LogP contribution in [-0.2, 0) is 14.4 Å². The van der Waals surface area contributed by atoms with Crippen molar-refractivity contribution in [3.63, 3.8) is 0 Å². The molecule has 1 aromatic heterocycles. The van der Waals surface area contributed by atoms with Crippen LogP contribution in [0.25, 0.3) is 11.3 Å². The molecular weight excluding hydrogens is 390 g/mol. The van der Waals surface area contributed by atoms with E-state index in [2.05, 4.69) is 10.3 Å². The predicted molar refractivity (Wildman–Crippen MR) is 109 cm³/mol. The van der Waals surface area contributed by atoms with Crippen LogP contribution in [-0.4, -0.2) is 41.3 Å². The topological polar surface area (TPSA) is 88.6 Å². The van der Waals surface area contributed by atoms with Gasteiger partial charge in [0.25, 0.3) is 0 Å². The number of hydrogen-bond acceptors (Lipinski definition) is 6. The zero-order valence-corrected chi connectivity index (χ0v) is 16.8. The summed E-state index contributed by atoms with van der Waals surface area (Å²) in [6, 6.07) is 7.50. The highest BCUT2D eigenvalue weighted by molar-refractivity contribution is 7.14. The molecule has 0 bridgehead atoms. The molecule has 1 saturated heterocycles. The van der Waals surface area contributed by atoms with E-state index in [1.165, 1.54) is 16.2 Å². The van der Waals surface area contributed by atoms with Gasteiger partial charge in [0.15, 0.2) is 5.13 Å². The Kier molecular flexibility index (Phi) is 5.44. The zero-order valence-electron chi connectivity index (χ0n) is 16.0. The van der Waals surface area contributed by atoms with Gasteiger partial charge in [-0.1, -0.05) is 12.2 Å². The number of amides is 3. The van der Waals surface area contributed by atoms with E-state index in [-0.39, 0.29) is 42.5 Å². The molecule has 2 aromatic rings. The summed E-state index contributed by atoms with van der Waals surface area (Å²) in [7, 11) is 1.61. The average Bonchev–Trinajstić information content (AvgIpc) is 3.30. The molecule has 1 aliphatic carbocycles. The van der Waals surface area contributed by atoms with Crippen molar-refractivity contribution >= 4 is 34.2 Å². The number of aromatic nitrogens is 1. The molecule has 0 saturated carbocycles. The van der Waals surface area contributed by atoms with Crippen molar-refractivity contribution in [1.29, 1.82) is 0 Å². The van der Waals surface area contributed by atoms with Crippen molar-refractivity contribution in [3.05, 3.63) is 41.8 Å². The van der Waals surface area contributed by atoms with E-state index in [9.17, 15) is 14.4 Å². The number of benzene rings is 1. The average molecular weight is 411 g/mol. The first-order chi connectivity index (χ1) is 14.1. The van der Waals surface area contributed by atoms with E-state index in [1.54, 1.807) is 7.11 Å². The Balaban J connectivity index is 1.33. The number of carbonyl (C=O) groups excluding carboxylic acids is 3. The number of methoxy groups -OCH3 is 1. The number of hydrogen-bond donors (Lipinski definition) is 1. The van der Waals surface area contributed by atoms with Crippen molar-refractivity contribution in [3.8, 4) is 17.0 Å². The van der Waals surface area contributed by atoms with E-state index in [4.69, 9.17) is 4.74 Å². The predicted octanol–water partition coefficient (Wildman–Crippen LogP) is 3.10. The Morgan fingerprint density at radius 2 is 1.83 bits per heavy atom. The fourth-order valence-electron chi connectivity index (χ4n) is 3.71. The van der Waals surface area contributed by atoms with Crippen molar-refractivity contribution in [1.82, 2.24) is 9.88 Å². The fraction of sp³-hybridized carbons (Fsp3) is 0.333. The van der Waals surface area contributed by atoms with E-state index in [0.29, 0.717) is 18.0 Å². The Hall–Kier alpha value is -3.00. The Bertz CT molecular complexity index is 941. The van der Waals surface area contributed by atoms with Gasteiger partial charge in [0.2, 0.25) is 17.7 Å². The highest BCUT2D eigenvalue weighted by Gasteiger charge is 2.46. The van der Waals surface area contributed by atoms with Crippen LogP contribution in [0.4, 0.5) is 5.13 Å². The third-order valence-corrected chi connectivity index (χ3v) is 6.06. The maximum Gasteiger partial charge on any atom is 0.233 e. The minimum absolute atomic E-state index is 0.0573. The van der Waals surface area contributed by atoms with Crippen LogP contribution in [0.2, 0.25) is 0 Å². The molecule has 0 unspecified atom stereocenters. The molecule has 1 fully saturated rings. The maximum atomic E-state index is 12.4. The number of carbonyl (C=O) groups is 3. The number of ether oxygens (including phenoxy) is 1. The summed E-state index contributed by atoms with van der Waals surface area (Å²) in [5.41, 5.74) is 1.68. The van der Waals surface area contributed by atoms with Gasteiger partial charge in [0, 0.05) is 23.9 Å². The first-order valence-electron chi connectivity index (χ1n) is 9.47. The summed E-state index contributed by atoms with van der Waals surface area (Å²) in [6.07, 6.45) is 5.16. The summed E-state index contributed by atoms with van der Waals surface area (Å²) >= 11 is 1.33. The molecule has 7 nitrogen and oxygen atoms in total. The van der Waals surface area contributed by atoms with Crippen molar-refractivity contribution < 1.29 is 19.1 Å². The van der Waals surface area contributed by atoms with Crippen LogP contribution in [0.3, 0.4) is 0 Å². The summed E-state index contributed by atoms with van der Waals surface area (Å²) in [4.78, 5) is 42.9. The van der Waals surface area contributed by atoms with Crippen LogP contribution >= 0.6 is 11.3 Å². The van der Waals surface area contributed by atoms with Gasteiger partial charge >= 0.3 is 0 Å². The van der Waals surface area contributed by atoms with Crippen LogP contribution in [0.5, 0.6) is 5.75 Å². The lowest BCUT2D eigenvalue weighted by Gasteiger charge is -2.14. The van der Waals surface area contributed by atoms with Crippen molar-refractivity contribution in [2.75, 3.05) is 19.0 Å². The molecule has 1 aromatic carbocycles. The van der Waals surface area contributed by atoms with Gasteiger partial charge in [-0.05, 0) is 37.1 Å². The summed E-state index contributed by atoms with van der Waals surface area (Å²) in [6.45, 7) is 0.104. The summed E-state index contributed by atoms with van der Waals surface area (Å²) in [5.74, 6) is -0.349. The number of likely N-dealkylation sites (tertiary alicyclic amines) is 1. The minimum Gasteiger partial charge on any atom is -0.497 e. The first kappa shape index (κ1) is 19.3. The molecule has 0 radical (unpaired) electrons. The largest absolute Gasteiger partial charge is 0.497 e. The number of allylic oxidation sites excluding steroid dienone is 2. The normalized spacial score (nSPS) is 20.7. The van der Waals surface area contributed by atoms with Gasteiger partial charge in [-0.25, -0.2) is 4.98 Å². The van der Waals surface area contributed by atoms with Gasteiger partial charge in [-0.2, -0.15) is 0 Å². The molecule has 0 spiro atoms. The highest BCUT2D eigenvalue weighted by atomic mass is 32.1. The van der Waals surface area contributed by atoms with Crippen LogP contribution < -0.4 is 10.1 Å². The summed E-state index contributed by atoms with van der Waals surface area (Å²) < 4.78 is 5.15. The maximum absolute atomic E-state index is 12.4. The second kappa shape index (κ2) is 8.16. The number of anilines is 1. The standard InChI is InChI=1S/C21H21N3O4S/c1-28-14-8-6-13(7-9-14)17-12-29-21(22-17)23-18(25)10-11-24-19(26)15-4-2-3-5-16(15)20(24)27/h2-3,6-9,12,15-16H,4-5,10-11H2,1H3,(H,22,23,25)/t15-,16+. The molecule has 2 aliphatic rings. The fourth-order valence-corrected chi connectivity index (χ4v) is 4.45. The quantitative estimate of drug-likeness (QED) is 0.583. The second-order valence-corrected chi connectivity index (χ2v) is 7.91. The molecule has 8 heteroatoms. The van der Waals surface area contributed by atoms with Gasteiger partial charge in [0.1, 0.15) is 5.75 Å².